The van der Waals surface area contributed by atoms with Gasteiger partial charge in [-0.15, -0.1) is 0 Å². The molecule has 88 valence electrons. The largest absolute Gasteiger partial charge is 0.325 e. The Bertz CT molecular complexity index is 401. The minimum absolute atomic E-state index is 0.101. The molecule has 0 atom stereocenters. The second kappa shape index (κ2) is 4.15. The van der Waals surface area contributed by atoms with E-state index in [0.29, 0.717) is 0 Å². The summed E-state index contributed by atoms with van der Waals surface area (Å²) in [6.45, 7) is 4.95. The lowest BCUT2D eigenvalue weighted by molar-refractivity contribution is -0.123. The molecule has 5 heteroatoms. The van der Waals surface area contributed by atoms with Crippen LogP contribution in [0.15, 0.2) is 12.1 Å². The summed E-state index contributed by atoms with van der Waals surface area (Å²) in [4.78, 5) is 11.5. The standard InChI is InChI=1S/C11H12F3NO/c1-11(2,3)10(16)15-6-4-7(12)9(14)8(13)5-6/h4-5H,1-3H3,(H,15,16). The number of carbonyl (C=O) groups excluding carboxylic acids is 1. The lowest BCUT2D eigenvalue weighted by Gasteiger charge is -2.17. The van der Waals surface area contributed by atoms with Crippen molar-refractivity contribution in [1.82, 2.24) is 0 Å². The monoisotopic (exact) mass is 231 g/mol. The molecule has 0 saturated heterocycles. The van der Waals surface area contributed by atoms with Gasteiger partial charge in [0.15, 0.2) is 17.5 Å². The van der Waals surface area contributed by atoms with Crippen LogP contribution in [0.5, 0.6) is 0 Å². The minimum atomic E-state index is -1.55. The fraction of sp³-hybridized carbons (Fsp3) is 0.364. The van der Waals surface area contributed by atoms with Crippen LogP contribution in [-0.2, 0) is 4.79 Å². The van der Waals surface area contributed by atoms with Crippen LogP contribution in [0, 0.1) is 22.9 Å². The third-order valence-corrected chi connectivity index (χ3v) is 1.92. The Morgan fingerprint density at radius 1 is 1.12 bits per heavy atom. The molecule has 0 fully saturated rings. The second-order valence-electron chi connectivity index (χ2n) is 4.46. The lowest BCUT2D eigenvalue weighted by Crippen LogP contribution is -2.27. The van der Waals surface area contributed by atoms with Crippen molar-refractivity contribution in [1.29, 1.82) is 0 Å². The van der Waals surface area contributed by atoms with E-state index in [2.05, 4.69) is 5.32 Å². The van der Waals surface area contributed by atoms with Gasteiger partial charge >= 0.3 is 0 Å². The number of nitrogens with one attached hydrogen (secondary N) is 1. The predicted molar refractivity (Wildman–Crippen MR) is 54.4 cm³/mol. The summed E-state index contributed by atoms with van der Waals surface area (Å²) in [5.74, 6) is -4.61. The first-order valence-electron chi connectivity index (χ1n) is 4.68. The summed E-state index contributed by atoms with van der Waals surface area (Å²) in [7, 11) is 0. The van der Waals surface area contributed by atoms with Crippen LogP contribution in [0.4, 0.5) is 18.9 Å². The molecule has 0 radical (unpaired) electrons. The average Bonchev–Trinajstić information content (AvgIpc) is 2.12. The fourth-order valence-electron chi connectivity index (χ4n) is 0.946. The van der Waals surface area contributed by atoms with Gasteiger partial charge in [0, 0.05) is 23.2 Å². The molecule has 0 saturated carbocycles. The van der Waals surface area contributed by atoms with Crippen molar-refractivity contribution >= 4 is 11.6 Å². The molecule has 16 heavy (non-hydrogen) atoms. The molecular weight excluding hydrogens is 219 g/mol. The number of hydrogen-bond acceptors (Lipinski definition) is 1. The summed E-state index contributed by atoms with van der Waals surface area (Å²) in [5, 5.41) is 2.31. The summed E-state index contributed by atoms with van der Waals surface area (Å²) in [6, 6.07) is 1.48. The van der Waals surface area contributed by atoms with Crippen LogP contribution in [0.3, 0.4) is 0 Å². The van der Waals surface area contributed by atoms with Crippen LogP contribution in [0.25, 0.3) is 0 Å². The second-order valence-corrected chi connectivity index (χ2v) is 4.46. The summed E-state index contributed by atoms with van der Waals surface area (Å²) in [6.07, 6.45) is 0. The van der Waals surface area contributed by atoms with Crippen molar-refractivity contribution in [2.75, 3.05) is 5.32 Å². The SMILES string of the molecule is CC(C)(C)C(=O)Nc1cc(F)c(F)c(F)c1. The van der Waals surface area contributed by atoms with Gasteiger partial charge in [-0.1, -0.05) is 20.8 Å². The van der Waals surface area contributed by atoms with Crippen LogP contribution in [-0.4, -0.2) is 5.91 Å². The molecule has 1 N–H and O–H groups in total. The summed E-state index contributed by atoms with van der Waals surface area (Å²) in [5.41, 5.74) is -0.794. The van der Waals surface area contributed by atoms with E-state index in [1.54, 1.807) is 20.8 Å². The van der Waals surface area contributed by atoms with Crippen molar-refractivity contribution in [3.8, 4) is 0 Å². The Morgan fingerprint density at radius 2 is 1.56 bits per heavy atom. The van der Waals surface area contributed by atoms with E-state index in [4.69, 9.17) is 0 Å². The molecule has 1 amide bonds. The molecule has 0 aliphatic rings. The number of carbonyl (C=O) groups is 1. The van der Waals surface area contributed by atoms with Crippen molar-refractivity contribution < 1.29 is 18.0 Å². The van der Waals surface area contributed by atoms with Gasteiger partial charge in [0.2, 0.25) is 5.91 Å². The Kier molecular flexibility index (Phi) is 3.26. The zero-order chi connectivity index (χ0) is 12.5. The van der Waals surface area contributed by atoms with Crippen molar-refractivity contribution in [3.63, 3.8) is 0 Å². The number of rotatable bonds is 1. The van der Waals surface area contributed by atoms with E-state index in [-0.39, 0.29) is 5.69 Å². The third kappa shape index (κ3) is 2.74. The summed E-state index contributed by atoms with van der Waals surface area (Å²) < 4.78 is 38.3. The predicted octanol–water partition coefficient (Wildman–Crippen LogP) is 3.09. The zero-order valence-electron chi connectivity index (χ0n) is 9.20. The van der Waals surface area contributed by atoms with Gasteiger partial charge in [0.25, 0.3) is 0 Å². The first-order valence-corrected chi connectivity index (χ1v) is 4.68. The third-order valence-electron chi connectivity index (χ3n) is 1.92. The molecule has 0 aliphatic heterocycles. The Hall–Kier alpha value is -1.52. The van der Waals surface area contributed by atoms with Crippen LogP contribution in [0.1, 0.15) is 20.8 Å². The Labute approximate surface area is 91.5 Å². The van der Waals surface area contributed by atoms with Crippen LogP contribution < -0.4 is 5.32 Å². The van der Waals surface area contributed by atoms with Gasteiger partial charge in [0.05, 0.1) is 0 Å². The summed E-state index contributed by atoms with van der Waals surface area (Å²) >= 11 is 0. The molecule has 2 nitrogen and oxygen atoms in total. The maximum atomic E-state index is 12.8. The van der Waals surface area contributed by atoms with E-state index in [1.807, 2.05) is 0 Å². The van der Waals surface area contributed by atoms with Gasteiger partial charge in [-0.3, -0.25) is 4.79 Å². The fourth-order valence-corrected chi connectivity index (χ4v) is 0.946. The Morgan fingerprint density at radius 3 is 1.94 bits per heavy atom. The highest BCUT2D eigenvalue weighted by atomic mass is 19.2. The van der Waals surface area contributed by atoms with Crippen molar-refractivity contribution in [3.05, 3.63) is 29.6 Å². The van der Waals surface area contributed by atoms with Gasteiger partial charge in [-0.05, 0) is 0 Å². The molecule has 0 aliphatic carbocycles. The van der Waals surface area contributed by atoms with Crippen LogP contribution in [0.2, 0.25) is 0 Å². The van der Waals surface area contributed by atoms with Gasteiger partial charge < -0.3 is 5.32 Å². The number of benzene rings is 1. The first-order chi connectivity index (χ1) is 7.21. The maximum absolute atomic E-state index is 12.8. The molecule has 1 aromatic carbocycles. The number of anilines is 1. The van der Waals surface area contributed by atoms with Gasteiger partial charge in [-0.2, -0.15) is 0 Å². The molecule has 0 spiro atoms. The number of halogens is 3. The van der Waals surface area contributed by atoms with E-state index >= 15 is 0 Å². The average molecular weight is 231 g/mol. The molecule has 1 rings (SSSR count). The zero-order valence-corrected chi connectivity index (χ0v) is 9.20. The minimum Gasteiger partial charge on any atom is -0.325 e. The van der Waals surface area contributed by atoms with E-state index < -0.39 is 28.8 Å². The quantitative estimate of drug-likeness (QED) is 0.739. The highest BCUT2D eigenvalue weighted by Crippen LogP contribution is 2.20. The lowest BCUT2D eigenvalue weighted by atomic mass is 9.95. The van der Waals surface area contributed by atoms with E-state index in [0.717, 1.165) is 12.1 Å². The van der Waals surface area contributed by atoms with E-state index in [1.165, 1.54) is 0 Å². The molecule has 0 unspecified atom stereocenters. The topological polar surface area (TPSA) is 29.1 Å². The van der Waals surface area contributed by atoms with Crippen molar-refractivity contribution in [2.24, 2.45) is 5.41 Å². The highest BCUT2D eigenvalue weighted by molar-refractivity contribution is 5.94. The van der Waals surface area contributed by atoms with Crippen molar-refractivity contribution in [2.45, 2.75) is 20.8 Å². The molecule has 1 aromatic rings. The first kappa shape index (κ1) is 12.5. The highest BCUT2D eigenvalue weighted by Gasteiger charge is 2.22. The van der Waals surface area contributed by atoms with E-state index in [9.17, 15) is 18.0 Å². The Balaban J connectivity index is 2.96. The number of hydrogen-bond donors (Lipinski definition) is 1. The molecule has 0 aromatic heterocycles. The maximum Gasteiger partial charge on any atom is 0.229 e. The molecule has 0 bridgehead atoms. The normalized spacial score (nSPS) is 11.4. The van der Waals surface area contributed by atoms with Gasteiger partial charge in [0.1, 0.15) is 0 Å². The van der Waals surface area contributed by atoms with Gasteiger partial charge in [-0.25, -0.2) is 13.2 Å². The molecule has 0 heterocycles. The number of amides is 1. The smallest absolute Gasteiger partial charge is 0.229 e. The van der Waals surface area contributed by atoms with Crippen LogP contribution >= 0.6 is 0 Å². The molecular formula is C11H12F3NO.